The molecule has 1 aliphatic carbocycles. The molecule has 2 aromatic carbocycles. The topological polar surface area (TPSA) is 113 Å². The van der Waals surface area contributed by atoms with Gasteiger partial charge in [0.05, 0.1) is 23.1 Å². The van der Waals surface area contributed by atoms with Crippen LogP contribution in [0, 0.1) is 6.92 Å². The van der Waals surface area contributed by atoms with E-state index >= 15 is 0 Å². The molecule has 0 unspecified atom stereocenters. The Bertz CT molecular complexity index is 1910. The number of aromatic nitrogens is 5. The van der Waals surface area contributed by atoms with E-state index in [1.807, 2.05) is 97.0 Å². The van der Waals surface area contributed by atoms with E-state index in [1.54, 1.807) is 16.8 Å². The molecule has 0 atom stereocenters. The molecular weight excluding hydrogens is 580 g/mol. The molecule has 3 aromatic heterocycles. The zero-order valence-electron chi connectivity index (χ0n) is 27.4. The van der Waals surface area contributed by atoms with Crippen LogP contribution < -0.4 is 5.32 Å². The predicted molar refractivity (Wildman–Crippen MR) is 176 cm³/mol. The van der Waals surface area contributed by atoms with E-state index in [0.717, 1.165) is 47.2 Å². The molecule has 238 valence electrons. The zero-order chi connectivity index (χ0) is 32.9. The van der Waals surface area contributed by atoms with Gasteiger partial charge in [-0.2, -0.15) is 14.9 Å². The summed E-state index contributed by atoms with van der Waals surface area (Å²) in [5, 5.41) is 12.6. The van der Waals surface area contributed by atoms with Gasteiger partial charge in [0.2, 0.25) is 0 Å². The zero-order valence-corrected chi connectivity index (χ0v) is 27.4. The Morgan fingerprint density at radius 1 is 0.870 bits per heavy atom. The molecule has 0 bridgehead atoms. The van der Waals surface area contributed by atoms with Crippen molar-refractivity contribution in [2.24, 2.45) is 0 Å². The summed E-state index contributed by atoms with van der Waals surface area (Å²) in [6.45, 7) is 12.9. The number of fused-ring (bicyclic) bond motifs is 1. The van der Waals surface area contributed by atoms with Gasteiger partial charge in [-0.15, -0.1) is 0 Å². The van der Waals surface area contributed by atoms with Crippen LogP contribution in [0.2, 0.25) is 0 Å². The average molecular weight is 621 g/mol. The molecule has 1 saturated carbocycles. The molecule has 5 aromatic rings. The third-order valence-corrected chi connectivity index (χ3v) is 7.98. The van der Waals surface area contributed by atoms with Crippen molar-refractivity contribution in [1.82, 2.24) is 29.7 Å². The van der Waals surface area contributed by atoms with Gasteiger partial charge in [0.15, 0.2) is 5.65 Å². The predicted octanol–water partition coefficient (Wildman–Crippen LogP) is 7.92. The van der Waals surface area contributed by atoms with Gasteiger partial charge in [-0.1, -0.05) is 54.6 Å². The van der Waals surface area contributed by atoms with Crippen LogP contribution in [0.25, 0.3) is 39.4 Å². The van der Waals surface area contributed by atoms with E-state index in [-0.39, 0.29) is 0 Å². The SMILES string of the molecule is Cc1nc2cc(-c3ccccc3)c(-c3ccc(C4(NC(=O)OC(C)(C)C)CCC4)cc3)nn2c1-c1ccnn1C(=O)OC(C)(C)C. The summed E-state index contributed by atoms with van der Waals surface area (Å²) < 4.78 is 14.2. The van der Waals surface area contributed by atoms with Gasteiger partial charge in [0.1, 0.15) is 22.6 Å². The van der Waals surface area contributed by atoms with E-state index in [9.17, 15) is 9.59 Å². The maximum Gasteiger partial charge on any atom is 0.435 e. The number of nitrogens with one attached hydrogen (secondary N) is 1. The van der Waals surface area contributed by atoms with Crippen molar-refractivity contribution in [2.75, 3.05) is 0 Å². The minimum Gasteiger partial charge on any atom is -0.444 e. The summed E-state index contributed by atoms with van der Waals surface area (Å²) in [4.78, 5) is 30.7. The third-order valence-electron chi connectivity index (χ3n) is 7.98. The highest BCUT2D eigenvalue weighted by molar-refractivity contribution is 5.84. The van der Waals surface area contributed by atoms with Crippen LogP contribution in [0.15, 0.2) is 72.9 Å². The molecule has 1 amide bonds. The van der Waals surface area contributed by atoms with E-state index in [2.05, 4.69) is 22.5 Å². The minimum atomic E-state index is -0.683. The summed E-state index contributed by atoms with van der Waals surface area (Å²) in [7, 11) is 0. The summed E-state index contributed by atoms with van der Waals surface area (Å²) in [6.07, 6.45) is 3.28. The van der Waals surface area contributed by atoms with Crippen molar-refractivity contribution in [3.63, 3.8) is 0 Å². The third kappa shape index (κ3) is 6.11. The number of amides is 1. The second kappa shape index (κ2) is 11.4. The Morgan fingerprint density at radius 3 is 2.15 bits per heavy atom. The second-order valence-corrected chi connectivity index (χ2v) is 13.8. The molecule has 6 rings (SSSR count). The van der Waals surface area contributed by atoms with Crippen LogP contribution in [-0.2, 0) is 15.0 Å². The summed E-state index contributed by atoms with van der Waals surface area (Å²) in [6, 6.07) is 22.1. The quantitative estimate of drug-likeness (QED) is 0.212. The largest absolute Gasteiger partial charge is 0.444 e. The molecular formula is C36H40N6O4. The van der Waals surface area contributed by atoms with Gasteiger partial charge in [-0.05, 0) is 91.0 Å². The Balaban J connectivity index is 1.44. The van der Waals surface area contributed by atoms with Crippen molar-refractivity contribution < 1.29 is 19.1 Å². The summed E-state index contributed by atoms with van der Waals surface area (Å²) >= 11 is 0. The van der Waals surface area contributed by atoms with Crippen LogP contribution in [0.4, 0.5) is 9.59 Å². The first-order valence-electron chi connectivity index (χ1n) is 15.6. The van der Waals surface area contributed by atoms with Crippen molar-refractivity contribution in [3.8, 4) is 33.8 Å². The average Bonchev–Trinajstić information content (AvgIpc) is 3.56. The van der Waals surface area contributed by atoms with Gasteiger partial charge >= 0.3 is 12.2 Å². The van der Waals surface area contributed by atoms with Gasteiger partial charge in [-0.3, -0.25) is 0 Å². The number of carbonyl (C=O) groups excluding carboxylic acids is 2. The highest BCUT2D eigenvalue weighted by atomic mass is 16.6. The van der Waals surface area contributed by atoms with E-state index < -0.39 is 28.9 Å². The number of imidazole rings is 1. The fourth-order valence-corrected chi connectivity index (χ4v) is 5.83. The van der Waals surface area contributed by atoms with Gasteiger partial charge < -0.3 is 14.8 Å². The fraction of sp³-hybridized carbons (Fsp3) is 0.361. The molecule has 0 spiro atoms. The monoisotopic (exact) mass is 620 g/mol. The van der Waals surface area contributed by atoms with Crippen LogP contribution in [0.3, 0.4) is 0 Å². The van der Waals surface area contributed by atoms with Crippen LogP contribution in [0.1, 0.15) is 72.1 Å². The molecule has 1 N–H and O–H groups in total. The first kappa shape index (κ1) is 31.0. The van der Waals surface area contributed by atoms with Crippen molar-refractivity contribution >= 4 is 17.8 Å². The maximum absolute atomic E-state index is 13.1. The number of hydrogen-bond acceptors (Lipinski definition) is 7. The molecule has 0 saturated heterocycles. The lowest BCUT2D eigenvalue weighted by molar-refractivity contribution is 0.0376. The molecule has 0 aliphatic heterocycles. The van der Waals surface area contributed by atoms with Crippen molar-refractivity contribution in [1.29, 1.82) is 0 Å². The molecule has 3 heterocycles. The Kier molecular flexibility index (Phi) is 7.70. The molecule has 10 heteroatoms. The number of hydrogen-bond donors (Lipinski definition) is 1. The molecule has 0 radical (unpaired) electrons. The normalized spacial score (nSPS) is 14.5. The standard InChI is InChI=1S/C36H40N6O4/c1-23-31(28-18-21-37-41(28)33(44)46-35(5,6)7)42-29(38-23)22-27(24-12-9-8-10-13-24)30(40-42)25-14-16-26(17-15-25)36(19-11-20-36)39-32(43)45-34(2,3)4/h8-10,12-18,21-22H,11,19-20H2,1-7H3,(H,39,43). The van der Waals surface area contributed by atoms with Gasteiger partial charge in [0.25, 0.3) is 0 Å². The number of rotatable bonds is 5. The first-order chi connectivity index (χ1) is 21.7. The Labute approximate surface area is 268 Å². The van der Waals surface area contributed by atoms with Crippen LogP contribution in [-0.4, -0.2) is 47.8 Å². The smallest absolute Gasteiger partial charge is 0.435 e. The van der Waals surface area contributed by atoms with E-state index in [4.69, 9.17) is 19.6 Å². The highest BCUT2D eigenvalue weighted by Gasteiger charge is 2.41. The van der Waals surface area contributed by atoms with Crippen LogP contribution >= 0.6 is 0 Å². The van der Waals surface area contributed by atoms with Gasteiger partial charge in [-0.25, -0.2) is 19.1 Å². The Morgan fingerprint density at radius 2 is 1.54 bits per heavy atom. The summed E-state index contributed by atoms with van der Waals surface area (Å²) in [5.74, 6) is 0. The van der Waals surface area contributed by atoms with Crippen molar-refractivity contribution in [3.05, 3.63) is 84.2 Å². The second-order valence-electron chi connectivity index (χ2n) is 13.8. The van der Waals surface area contributed by atoms with Gasteiger partial charge in [0, 0.05) is 11.1 Å². The molecule has 1 fully saturated rings. The number of alkyl carbamates (subject to hydrolysis) is 1. The number of ether oxygens (including phenoxy) is 2. The van der Waals surface area contributed by atoms with E-state index in [0.29, 0.717) is 22.7 Å². The molecule has 10 nitrogen and oxygen atoms in total. The van der Waals surface area contributed by atoms with Crippen LogP contribution in [0.5, 0.6) is 0 Å². The fourth-order valence-electron chi connectivity index (χ4n) is 5.83. The lowest BCUT2D eigenvalue weighted by Gasteiger charge is -2.43. The maximum atomic E-state index is 13.1. The summed E-state index contributed by atoms with van der Waals surface area (Å²) in [5.41, 5.74) is 5.37. The number of aryl methyl sites for hydroxylation is 1. The van der Waals surface area contributed by atoms with E-state index in [1.165, 1.54) is 4.68 Å². The first-order valence-corrected chi connectivity index (χ1v) is 15.6. The lowest BCUT2D eigenvalue weighted by Crippen LogP contribution is -2.52. The Hall–Kier alpha value is -4.99. The number of benzene rings is 2. The highest BCUT2D eigenvalue weighted by Crippen LogP contribution is 2.42. The number of carbonyl (C=O) groups is 2. The van der Waals surface area contributed by atoms with Crippen molar-refractivity contribution in [2.45, 2.75) is 84.5 Å². The lowest BCUT2D eigenvalue weighted by atomic mass is 9.71. The molecule has 46 heavy (non-hydrogen) atoms. The molecule has 1 aliphatic rings. The number of nitrogens with zero attached hydrogens (tertiary/aromatic N) is 5. The minimum absolute atomic E-state index is 0.414.